The van der Waals surface area contributed by atoms with Gasteiger partial charge in [0.05, 0.1) is 72.2 Å². The van der Waals surface area contributed by atoms with E-state index in [0.29, 0.717) is 0 Å². The number of carboxylic acid groups (broad SMARTS) is 1. The Morgan fingerprint density at radius 3 is 1.02 bits per heavy atom. The van der Waals surface area contributed by atoms with Crippen molar-refractivity contribution in [1.29, 1.82) is 0 Å². The minimum Gasteiger partial charge on any atom is -0.477 e. The van der Waals surface area contributed by atoms with Crippen LogP contribution in [-0.2, 0) is 119 Å². The monoisotopic (exact) mass is 1930 g/mol. The Hall–Kier alpha value is -5.06. The fraction of sp³-hybridized carbons (Fsp3) is 0.918. The smallest absolute Gasteiger partial charge is 0.364 e. The average Bonchev–Trinajstić information content (AvgIpc) is 0.696. The molecule has 0 spiro atoms. The van der Waals surface area contributed by atoms with E-state index in [4.69, 9.17) is 90.0 Å². The molecule has 0 aliphatic carbocycles. The first kappa shape index (κ1) is 109. The first-order chi connectivity index (χ1) is 62.3. The molecule has 34 N–H and O–H groups in total. The summed E-state index contributed by atoms with van der Waals surface area (Å²) in [4.78, 5) is 76.8. The predicted molar refractivity (Wildman–Crippen MR) is 405 cm³/mol. The van der Waals surface area contributed by atoms with E-state index in [1.54, 1.807) is 0 Å². The summed E-state index contributed by atoms with van der Waals surface area (Å²) in [6.07, 6.45) is -99.2. The zero-order valence-corrected chi connectivity index (χ0v) is 70.8. The second-order valence-corrected chi connectivity index (χ2v) is 33.2. The number of aliphatic hydroxyl groups excluding tert-OH is 28. The van der Waals surface area contributed by atoms with Crippen LogP contribution >= 0.6 is 0 Å². The molecule has 0 aromatic heterocycles. The molecule has 51 atom stereocenters. The first-order valence-corrected chi connectivity index (χ1v) is 41.8. The molecule has 10 rings (SSSR count). The molecule has 0 saturated carbocycles. The number of carboxylic acids is 1. The molecule has 5 amide bonds. The third kappa shape index (κ3) is 24.1. The first-order valence-electron chi connectivity index (χ1n) is 41.8. The topological polar surface area (TPSA) is 925 Å². The van der Waals surface area contributed by atoms with E-state index in [1.165, 1.54) is 0 Å². The summed E-state index contributed by atoms with van der Waals surface area (Å²) in [5.41, 5.74) is 0. The molecule has 0 radical (unpaired) electrons. The molecule has 762 valence electrons. The molecule has 10 heterocycles. The third-order valence-electron chi connectivity index (χ3n) is 23.8. The van der Waals surface area contributed by atoms with Gasteiger partial charge in [-0.3, -0.25) is 24.0 Å². The zero-order valence-electron chi connectivity index (χ0n) is 70.8. The average molecular weight is 1930 g/mol. The molecule has 10 aliphatic heterocycles. The normalized spacial score (nSPS) is 47.2. The molecule has 10 fully saturated rings. The fourth-order valence-electron chi connectivity index (χ4n) is 16.9. The molecular formula is C73H121N5O54. The van der Waals surface area contributed by atoms with Crippen LogP contribution in [0.3, 0.4) is 0 Å². The minimum absolute atomic E-state index is 0.814. The predicted octanol–water partition coefficient (Wildman–Crippen LogP) is -22.9. The highest BCUT2D eigenvalue weighted by molar-refractivity contribution is 5.76. The summed E-state index contributed by atoms with van der Waals surface area (Å²) >= 11 is 0. The van der Waals surface area contributed by atoms with Gasteiger partial charge < -0.3 is 265 Å². The van der Waals surface area contributed by atoms with E-state index in [2.05, 4.69) is 26.6 Å². The van der Waals surface area contributed by atoms with Crippen molar-refractivity contribution >= 4 is 35.5 Å². The lowest BCUT2D eigenvalue weighted by molar-refractivity contribution is -0.398. The molecule has 132 heavy (non-hydrogen) atoms. The third-order valence-corrected chi connectivity index (χ3v) is 23.8. The van der Waals surface area contributed by atoms with Crippen molar-refractivity contribution in [2.75, 3.05) is 66.1 Å². The highest BCUT2D eigenvalue weighted by Gasteiger charge is 2.63. The molecule has 0 aromatic rings. The molecule has 0 unspecified atom stereocenters. The van der Waals surface area contributed by atoms with Crippen LogP contribution in [0.1, 0.15) is 41.0 Å². The van der Waals surface area contributed by atoms with Gasteiger partial charge in [-0.2, -0.15) is 0 Å². The molecule has 10 saturated heterocycles. The van der Waals surface area contributed by atoms with Crippen molar-refractivity contribution in [3.8, 4) is 0 Å². The lowest BCUT2D eigenvalue weighted by atomic mass is 9.90. The summed E-state index contributed by atoms with van der Waals surface area (Å²) in [6, 6.07) is -9.45. The van der Waals surface area contributed by atoms with E-state index in [0.717, 1.165) is 34.6 Å². The summed E-state index contributed by atoms with van der Waals surface area (Å²) in [5.74, 6) is -9.81. The Bertz CT molecular complexity index is 3680. The van der Waals surface area contributed by atoms with Gasteiger partial charge in [0.2, 0.25) is 29.5 Å². The SMILES string of the molecule is CC(=O)N[C@@H]1[C@@H](O)[C@H](O[C@@H]2O[C@H](CO)[C@@H](O[C@@H]3O[C@H](CO[C@H]4O[C@H](CO)[C@@H](O)[C@H](O)[C@@H]4O[C@@H]4O[C@H](CO)[C@@H](O[C@@H]5O[C@H](CO[C@]6(C(=O)O)C[C@H](O)[C@@H](O)[C@H]([C@H](O)[C@H](O)CO)O6)[C@H](O)[C@H](O)[C@H]5O)[C@H](O)[C@H]4NC(C)=O)[C@@H](O)[C@H](O[C@H]4O[C@H](CO)[C@@H](O)[C@H](O)[C@@H]4O[C@@H]4O[C@H](CO)[C@@H](O[C@@H]5O[C@H](CO)[C@H](O)[C@H](O)[C@H]5NC(C)=O)[C@H](O)[C@H]4NC(C)=O)[C@@H]3O)[C@H](O)[C@H]2NC(C)=O)[C@@H](CO)O[C@H]1O. The van der Waals surface area contributed by atoms with Crippen LogP contribution in [0.2, 0.25) is 0 Å². The van der Waals surface area contributed by atoms with Crippen molar-refractivity contribution in [3.63, 3.8) is 0 Å². The number of aliphatic carboxylic acids is 1. The van der Waals surface area contributed by atoms with E-state index in [9.17, 15) is 177 Å². The van der Waals surface area contributed by atoms with Crippen LogP contribution in [0.5, 0.6) is 0 Å². The highest BCUT2D eigenvalue weighted by Crippen LogP contribution is 2.42. The van der Waals surface area contributed by atoms with Gasteiger partial charge in [0.25, 0.3) is 5.79 Å². The van der Waals surface area contributed by atoms with Crippen LogP contribution in [0.25, 0.3) is 0 Å². The molecule has 0 bridgehead atoms. The number of hydrogen-bond donors (Lipinski definition) is 34. The second-order valence-electron chi connectivity index (χ2n) is 33.2. The van der Waals surface area contributed by atoms with Gasteiger partial charge >= 0.3 is 5.97 Å². The number of aliphatic hydroxyl groups is 28. The van der Waals surface area contributed by atoms with Gasteiger partial charge in [-0.25, -0.2) is 4.79 Å². The second kappa shape index (κ2) is 47.3. The van der Waals surface area contributed by atoms with Crippen molar-refractivity contribution < 1.29 is 267 Å². The number of ether oxygens (including phenoxy) is 19. The highest BCUT2D eigenvalue weighted by atomic mass is 16.8. The number of rotatable bonds is 36. The number of nitrogens with one attached hydrogen (secondary N) is 5. The summed E-state index contributed by atoms with van der Waals surface area (Å²) < 4.78 is 113. The van der Waals surface area contributed by atoms with Crippen molar-refractivity contribution in [3.05, 3.63) is 0 Å². The van der Waals surface area contributed by atoms with Gasteiger partial charge in [0.1, 0.15) is 244 Å². The van der Waals surface area contributed by atoms with E-state index >= 15 is 0 Å². The van der Waals surface area contributed by atoms with Crippen LogP contribution in [0.4, 0.5) is 0 Å². The molecule has 59 heteroatoms. The summed E-state index contributed by atoms with van der Waals surface area (Å²) in [6.45, 7) is -7.11. The largest absolute Gasteiger partial charge is 0.477 e. The van der Waals surface area contributed by atoms with E-state index in [1.807, 2.05) is 0 Å². The maximum Gasteiger partial charge on any atom is 0.364 e. The maximum absolute atomic E-state index is 13.2. The standard InChI is InChI=1S/C73H121N5O54/c1-17(87)74-33-46(102)55(27(11-83)116-63(33)111)125-65-35(76-19(3)89)48(104)58(30(14-86)120-65)128-69-54(110)59(129-71-62(52(108)42(98)26(10-82)119-71)131-67-36(77-20(4)90)47(103)56(28(12-84)121-67)126-64-34(75-18(2)88)45(101)40(96)24(8-80)117-64)44(100)31(123-69)15-114-70-61(51(107)41(97)25(9-81)118-70)130-66-37(78-21(5)91)49(105)57(29(13-85)122-66)127-68-53(109)50(106)43(99)32(124-68)16-115-73(72(112)113)6-22(92)38(94)60(132-73)39(95)23(93)7-79/h22-71,79-86,92-111H,6-16H2,1-5H3,(H,74,87)(H,75,88)(H,76,89)(H,77,90)(H,78,91)(H,112,113)/t22-,23+,24+,25+,26+,27+,28+,29+,30+,31+,32+,33+,34+,35+,36+,37+,38+,39+,40-,41+,42+,43-,44+,45+,46+,47+,48+,49+,50-,51-,52-,53+,54-,55+,56+,57+,58+,59-,60+,61-,62-,63+,64-,65-,66-,67-,68-,69-,70-,71+,73+/m0/s1. The van der Waals surface area contributed by atoms with Gasteiger partial charge in [-0.05, 0) is 0 Å². The van der Waals surface area contributed by atoms with Gasteiger partial charge in [0, 0.05) is 41.0 Å². The number of amides is 5. The van der Waals surface area contributed by atoms with Crippen LogP contribution in [0, 0.1) is 0 Å². The number of carbonyl (C=O) groups is 6. The van der Waals surface area contributed by atoms with Gasteiger partial charge in [-0.1, -0.05) is 0 Å². The van der Waals surface area contributed by atoms with Crippen LogP contribution in [0.15, 0.2) is 0 Å². The lowest BCUT2D eigenvalue weighted by Gasteiger charge is -2.51. The molecule has 10 aliphatic rings. The van der Waals surface area contributed by atoms with E-state index < -0.39 is 420 Å². The van der Waals surface area contributed by atoms with Crippen molar-refractivity contribution in [2.45, 2.75) is 353 Å². The Kier molecular flexibility index (Phi) is 39.0. The number of hydrogen-bond acceptors (Lipinski definition) is 53. The summed E-state index contributed by atoms with van der Waals surface area (Å²) in [5, 5.41) is 335. The van der Waals surface area contributed by atoms with E-state index in [-0.39, 0.29) is 0 Å². The van der Waals surface area contributed by atoms with Gasteiger partial charge in [-0.15, -0.1) is 0 Å². The fourth-order valence-corrected chi connectivity index (χ4v) is 16.9. The zero-order chi connectivity index (χ0) is 97.6. The number of carbonyl (C=O) groups excluding carboxylic acids is 5. The Morgan fingerprint density at radius 2 is 0.621 bits per heavy atom. The van der Waals surface area contributed by atoms with Crippen molar-refractivity contribution in [2.24, 2.45) is 0 Å². The molecule has 59 nitrogen and oxygen atoms in total. The minimum atomic E-state index is -3.10. The Labute approximate surface area is 746 Å². The van der Waals surface area contributed by atoms with Crippen molar-refractivity contribution in [1.82, 2.24) is 26.6 Å². The van der Waals surface area contributed by atoms with Crippen LogP contribution in [-0.4, -0.2) is 562 Å². The summed E-state index contributed by atoms with van der Waals surface area (Å²) in [7, 11) is 0. The van der Waals surface area contributed by atoms with Gasteiger partial charge in [0.15, 0.2) is 56.6 Å². The molecule has 0 aromatic carbocycles. The van der Waals surface area contributed by atoms with Crippen LogP contribution < -0.4 is 26.6 Å². The Morgan fingerprint density at radius 1 is 0.311 bits per heavy atom. The Balaban J connectivity index is 0.961. The maximum atomic E-state index is 13.2. The lowest BCUT2D eigenvalue weighted by Crippen LogP contribution is -2.71. The molecular weight excluding hydrogens is 1810 g/mol. The quantitative estimate of drug-likeness (QED) is 0.0277.